The minimum absolute atomic E-state index is 0.357. The molecule has 1 saturated carbocycles. The van der Waals surface area contributed by atoms with Gasteiger partial charge in [0.15, 0.2) is 0 Å². The average Bonchev–Trinajstić information content (AvgIpc) is 2.37. The Kier molecular flexibility index (Phi) is 8.11. The third-order valence-electron chi connectivity index (χ3n) is 4.69. The molecule has 0 spiro atoms. The molecule has 0 saturated heterocycles. The topological polar surface area (TPSA) is 46.2 Å². The van der Waals surface area contributed by atoms with Crippen molar-refractivity contribution in [1.29, 1.82) is 0 Å². The van der Waals surface area contributed by atoms with Gasteiger partial charge in [0, 0.05) is 12.0 Å². The van der Waals surface area contributed by atoms with Gasteiger partial charge in [0.2, 0.25) is 0 Å². The van der Waals surface area contributed by atoms with E-state index in [4.69, 9.17) is 0 Å². The van der Waals surface area contributed by atoms with Crippen molar-refractivity contribution in [3.63, 3.8) is 0 Å². The lowest BCUT2D eigenvalue weighted by Crippen LogP contribution is -2.33. The normalized spacial score (nSPS) is 27.6. The van der Waals surface area contributed by atoms with E-state index in [1.807, 2.05) is 0 Å². The van der Waals surface area contributed by atoms with Gasteiger partial charge < -0.3 is 5.32 Å². The molecule has 120 valence electrons. The van der Waals surface area contributed by atoms with E-state index in [-0.39, 0.29) is 0 Å². The summed E-state index contributed by atoms with van der Waals surface area (Å²) in [6, 6.07) is 0. The highest BCUT2D eigenvalue weighted by Crippen LogP contribution is 2.38. The Morgan fingerprint density at radius 3 is 2.45 bits per heavy atom. The molecule has 1 N–H and O–H groups in total. The highest BCUT2D eigenvalue weighted by Gasteiger charge is 2.29. The number of sulfone groups is 1. The van der Waals surface area contributed by atoms with Crippen molar-refractivity contribution in [3.05, 3.63) is 0 Å². The Balaban J connectivity index is 2.47. The zero-order valence-electron chi connectivity index (χ0n) is 13.5. The third-order valence-corrected chi connectivity index (χ3v) is 5.72. The van der Waals surface area contributed by atoms with Crippen molar-refractivity contribution >= 4 is 9.84 Å². The summed E-state index contributed by atoms with van der Waals surface area (Å²) >= 11 is 0. The molecule has 0 aromatic carbocycles. The molecule has 0 heterocycles. The molecule has 1 fully saturated rings. The van der Waals surface area contributed by atoms with Crippen LogP contribution in [0.5, 0.6) is 0 Å². The standard InChI is InChI=1S/C16H33NO2S/c1-4-7-14-9-10-16(13-17-5-2)15(12-14)8-6-11-20(3,18)19/h14-17H,4-13H2,1-3H3. The van der Waals surface area contributed by atoms with E-state index in [1.54, 1.807) is 0 Å². The van der Waals surface area contributed by atoms with Crippen LogP contribution in [0.4, 0.5) is 0 Å². The molecule has 3 nitrogen and oxygen atoms in total. The molecule has 1 aliphatic rings. The molecule has 0 aliphatic heterocycles. The maximum absolute atomic E-state index is 11.3. The van der Waals surface area contributed by atoms with Gasteiger partial charge in [0.05, 0.1) is 0 Å². The molecule has 4 heteroatoms. The summed E-state index contributed by atoms with van der Waals surface area (Å²) in [6.07, 6.45) is 9.90. The first-order chi connectivity index (χ1) is 9.46. The Morgan fingerprint density at radius 2 is 1.85 bits per heavy atom. The fourth-order valence-corrected chi connectivity index (χ4v) is 4.35. The van der Waals surface area contributed by atoms with Gasteiger partial charge in [-0.05, 0) is 56.5 Å². The Hall–Kier alpha value is -0.0900. The van der Waals surface area contributed by atoms with Crippen molar-refractivity contribution in [1.82, 2.24) is 5.32 Å². The van der Waals surface area contributed by atoms with Crippen LogP contribution in [0.2, 0.25) is 0 Å². The summed E-state index contributed by atoms with van der Waals surface area (Å²) in [6.45, 7) is 6.56. The Bertz CT molecular complexity index is 353. The lowest BCUT2D eigenvalue weighted by molar-refractivity contribution is 0.159. The van der Waals surface area contributed by atoms with Gasteiger partial charge in [0.25, 0.3) is 0 Å². The lowest BCUT2D eigenvalue weighted by Gasteiger charge is -2.36. The van der Waals surface area contributed by atoms with Crippen molar-refractivity contribution < 1.29 is 8.42 Å². The number of hydrogen-bond donors (Lipinski definition) is 1. The molecule has 1 aliphatic carbocycles. The zero-order chi connectivity index (χ0) is 15.0. The first kappa shape index (κ1) is 18.0. The summed E-state index contributed by atoms with van der Waals surface area (Å²) in [5, 5.41) is 3.48. The first-order valence-corrected chi connectivity index (χ1v) is 10.4. The number of hydrogen-bond acceptors (Lipinski definition) is 3. The van der Waals surface area contributed by atoms with Crippen LogP contribution in [0, 0.1) is 17.8 Å². The van der Waals surface area contributed by atoms with Gasteiger partial charge in [0.1, 0.15) is 9.84 Å². The summed E-state index contributed by atoms with van der Waals surface area (Å²) in [7, 11) is -2.80. The molecule has 0 radical (unpaired) electrons. The van der Waals surface area contributed by atoms with Gasteiger partial charge >= 0.3 is 0 Å². The molecule has 0 bridgehead atoms. The molecule has 0 aromatic heterocycles. The monoisotopic (exact) mass is 303 g/mol. The van der Waals surface area contributed by atoms with E-state index in [2.05, 4.69) is 19.2 Å². The average molecular weight is 304 g/mol. The zero-order valence-corrected chi connectivity index (χ0v) is 14.3. The molecule has 0 amide bonds. The molecule has 20 heavy (non-hydrogen) atoms. The molecule has 3 atom stereocenters. The van der Waals surface area contributed by atoms with Crippen LogP contribution in [0.25, 0.3) is 0 Å². The summed E-state index contributed by atoms with van der Waals surface area (Å²) in [5.74, 6) is 2.71. The highest BCUT2D eigenvalue weighted by atomic mass is 32.2. The summed E-state index contributed by atoms with van der Waals surface area (Å²) in [4.78, 5) is 0. The van der Waals surface area contributed by atoms with Crippen molar-refractivity contribution in [2.24, 2.45) is 17.8 Å². The van der Waals surface area contributed by atoms with Crippen LogP contribution in [0.1, 0.15) is 58.8 Å². The molecule has 1 rings (SSSR count). The Morgan fingerprint density at radius 1 is 1.10 bits per heavy atom. The molecule has 3 unspecified atom stereocenters. The molecular weight excluding hydrogens is 270 g/mol. The van der Waals surface area contributed by atoms with E-state index in [9.17, 15) is 8.42 Å². The van der Waals surface area contributed by atoms with Crippen molar-refractivity contribution in [3.8, 4) is 0 Å². The minimum atomic E-state index is -2.80. The van der Waals surface area contributed by atoms with Gasteiger partial charge in [-0.2, -0.15) is 0 Å². The molecule has 0 aromatic rings. The SMILES string of the molecule is CCCC1CCC(CNCC)C(CCCS(C)(=O)=O)C1. The van der Waals surface area contributed by atoms with Gasteiger partial charge in [-0.1, -0.05) is 33.1 Å². The van der Waals surface area contributed by atoms with Gasteiger partial charge in [-0.25, -0.2) is 8.42 Å². The smallest absolute Gasteiger partial charge is 0.147 e. The van der Waals surface area contributed by atoms with E-state index >= 15 is 0 Å². The van der Waals surface area contributed by atoms with Crippen LogP contribution in [0.15, 0.2) is 0 Å². The third kappa shape index (κ3) is 7.07. The second-order valence-corrected chi connectivity index (χ2v) is 8.83. The number of nitrogens with one attached hydrogen (secondary N) is 1. The van der Waals surface area contributed by atoms with Crippen LogP contribution in [-0.4, -0.2) is 33.5 Å². The molecular formula is C16H33NO2S. The van der Waals surface area contributed by atoms with E-state index < -0.39 is 9.84 Å². The van der Waals surface area contributed by atoms with Gasteiger partial charge in [-0.15, -0.1) is 0 Å². The summed E-state index contributed by atoms with van der Waals surface area (Å²) < 4.78 is 22.6. The minimum Gasteiger partial charge on any atom is -0.317 e. The van der Waals surface area contributed by atoms with Crippen LogP contribution in [0.3, 0.4) is 0 Å². The predicted molar refractivity (Wildman–Crippen MR) is 86.7 cm³/mol. The van der Waals surface area contributed by atoms with E-state index in [0.29, 0.717) is 5.75 Å². The maximum Gasteiger partial charge on any atom is 0.147 e. The van der Waals surface area contributed by atoms with Crippen LogP contribution < -0.4 is 5.32 Å². The van der Waals surface area contributed by atoms with Gasteiger partial charge in [-0.3, -0.25) is 0 Å². The van der Waals surface area contributed by atoms with Crippen molar-refractivity contribution in [2.75, 3.05) is 25.1 Å². The lowest BCUT2D eigenvalue weighted by atomic mass is 9.71. The van der Waals surface area contributed by atoms with Crippen LogP contribution in [-0.2, 0) is 9.84 Å². The van der Waals surface area contributed by atoms with Crippen LogP contribution >= 0.6 is 0 Å². The van der Waals surface area contributed by atoms with Crippen molar-refractivity contribution in [2.45, 2.75) is 58.8 Å². The fourth-order valence-electron chi connectivity index (χ4n) is 3.65. The largest absolute Gasteiger partial charge is 0.317 e. The Labute approximate surface area is 125 Å². The van der Waals surface area contributed by atoms with E-state index in [1.165, 1.54) is 38.4 Å². The second kappa shape index (κ2) is 9.04. The fraction of sp³-hybridized carbons (Fsp3) is 1.00. The highest BCUT2D eigenvalue weighted by molar-refractivity contribution is 7.90. The quantitative estimate of drug-likeness (QED) is 0.711. The van der Waals surface area contributed by atoms with E-state index in [0.717, 1.165) is 43.7 Å². The summed E-state index contributed by atoms with van der Waals surface area (Å²) in [5.41, 5.74) is 0. The maximum atomic E-state index is 11.3. The first-order valence-electron chi connectivity index (χ1n) is 8.34. The second-order valence-electron chi connectivity index (χ2n) is 6.57. The predicted octanol–water partition coefficient (Wildman–Crippen LogP) is 3.25. The number of rotatable bonds is 9.